The molecule has 1 saturated heterocycles. The zero-order valence-electron chi connectivity index (χ0n) is 70.8. The van der Waals surface area contributed by atoms with Crippen molar-refractivity contribution >= 4 is 94.1 Å². The number of piperidine rings is 1. The van der Waals surface area contributed by atoms with E-state index in [1.54, 1.807) is 34.9 Å². The van der Waals surface area contributed by atoms with Gasteiger partial charge in [-0.25, -0.2) is 0 Å². The zero-order valence-corrected chi connectivity index (χ0v) is 71.6. The molecule has 1 fully saturated rings. The van der Waals surface area contributed by atoms with Crippen LogP contribution in [0.2, 0.25) is 5.02 Å². The second-order valence-electron chi connectivity index (χ2n) is 23.4. The van der Waals surface area contributed by atoms with E-state index in [0.29, 0.717) is 45.2 Å². The van der Waals surface area contributed by atoms with Crippen LogP contribution in [0.25, 0.3) is 0 Å². The molecule has 620 valence electrons. The van der Waals surface area contributed by atoms with Gasteiger partial charge in [0, 0.05) is 58.7 Å². The lowest BCUT2D eigenvalue weighted by Gasteiger charge is -2.37. The molecule has 27 nitrogen and oxygen atoms in total. The van der Waals surface area contributed by atoms with Gasteiger partial charge in [-0.05, 0) is 154 Å². The second-order valence-corrected chi connectivity index (χ2v) is 23.8. The fraction of sp³-hybridized carbons (Fsp3) is 0.720. The smallest absolute Gasteiger partial charge is 0.245 e. The van der Waals surface area contributed by atoms with Crippen LogP contribution in [0.15, 0.2) is 36.4 Å². The molecule has 0 spiro atoms. The molecule has 0 aromatic heterocycles. The third-order valence-corrected chi connectivity index (χ3v) is 13.3. The summed E-state index contributed by atoms with van der Waals surface area (Å²) in [4.78, 5) is 145. The lowest BCUT2D eigenvalue weighted by atomic mass is 9.95. The molecule has 0 radical (unpaired) electrons. The van der Waals surface area contributed by atoms with Gasteiger partial charge in [-0.3, -0.25) is 28.8 Å². The van der Waals surface area contributed by atoms with E-state index >= 15 is 0 Å². The van der Waals surface area contributed by atoms with Crippen LogP contribution >= 0.6 is 11.6 Å². The zero-order chi connectivity index (χ0) is 83.6. The third kappa shape index (κ3) is 91.5. The van der Waals surface area contributed by atoms with E-state index in [9.17, 15) is 33.6 Å². The van der Waals surface area contributed by atoms with Crippen LogP contribution in [-0.2, 0) is 68.7 Å². The summed E-state index contributed by atoms with van der Waals surface area (Å²) in [5.41, 5.74) is 20.4. The Morgan fingerprint density at radius 2 is 0.874 bits per heavy atom. The van der Waals surface area contributed by atoms with Crippen molar-refractivity contribution in [1.29, 1.82) is 0 Å². The number of rotatable bonds is 23. The Labute approximate surface area is 634 Å². The summed E-state index contributed by atoms with van der Waals surface area (Å²) in [6.45, 7) is 60.2. The number of hydrogen-bond acceptors (Lipinski definition) is 21. The summed E-state index contributed by atoms with van der Waals surface area (Å²) in [6, 6.07) is 3.75. The van der Waals surface area contributed by atoms with Crippen LogP contribution in [0, 0.1) is 35.5 Å². The van der Waals surface area contributed by atoms with Gasteiger partial charge in [0.05, 0.1) is 0 Å². The molecule has 0 bridgehead atoms. The van der Waals surface area contributed by atoms with Crippen molar-refractivity contribution in [2.45, 2.75) is 259 Å². The van der Waals surface area contributed by atoms with Crippen molar-refractivity contribution in [3.8, 4) is 0 Å². The van der Waals surface area contributed by atoms with Crippen molar-refractivity contribution in [2.75, 3.05) is 62.4 Å². The number of aldehydes is 1. The van der Waals surface area contributed by atoms with Gasteiger partial charge in [-0.1, -0.05) is 166 Å². The number of amides is 6. The van der Waals surface area contributed by atoms with Crippen molar-refractivity contribution in [3.05, 3.63) is 47.0 Å². The molecule has 1 aromatic carbocycles. The molecule has 1 aromatic rings. The number of carbonyl (C=O) groups is 13. The van der Waals surface area contributed by atoms with Crippen LogP contribution < -0.4 is 52.0 Å². The van der Waals surface area contributed by atoms with Crippen molar-refractivity contribution < 1.29 is 67.4 Å². The normalized spacial score (nSPS) is 11.5. The minimum atomic E-state index is -0.949. The highest BCUT2D eigenvalue weighted by Gasteiger charge is 2.39. The molecule has 7 atom stereocenters. The van der Waals surface area contributed by atoms with Crippen LogP contribution in [0.5, 0.6) is 0 Å². The van der Waals surface area contributed by atoms with Crippen molar-refractivity contribution in [1.82, 2.24) is 48.7 Å². The summed E-state index contributed by atoms with van der Waals surface area (Å²) in [7, 11) is 10.7. The van der Waals surface area contributed by atoms with E-state index in [2.05, 4.69) is 94.7 Å². The number of aliphatic hydroxyl groups excluding tert-OH is 1. The number of benzene rings is 1. The highest BCUT2D eigenvalue weighted by atomic mass is 35.5. The molecule has 2 rings (SSSR count). The standard InChI is InChI=1S/C37H68N6O6.C8H9Cl.C6H10O.C5H12.C4H10.C3H8O.C2H6.4CH5N.6CH2O.3H3N/c1-14-25(7)31(38-33(45)29(21-23(3)4)41(12)28(10)44)36(48)40(11)27(9)35(47)42(13)30(22-24(5)6)34(46)39-32(26(8)15-2)37(49)43-19-17-16-18-20-43;1-2-7-4-3-5-8(9)6-7;1-6(2)4-3-5-7;1-4-5(2)3;1-4(2)3;1-3(2)4;11*1-2;;;/h23-27,29-32H,14-22H2,1-13H3,(H,38,45)(H,39,46);3-6H,2H2,1H3;5H,1,3-4H2,2H3;5H,4H2,1-3H3;4H,1-3H3;3-4H,1-2H3;1-2H3;4*2H2,1H3;6*1H2;3*1H3/t25-,26-,27-,29?,30-,31-,32-;;;;;;;;;;;;;;;;;;;/m0.................../s1. The molecule has 1 heterocycles. The molecule has 6 amide bonds. The van der Waals surface area contributed by atoms with Crippen LogP contribution in [0.1, 0.15) is 222 Å². The van der Waals surface area contributed by atoms with Crippen molar-refractivity contribution in [3.63, 3.8) is 0 Å². The maximum absolute atomic E-state index is 14.0. The van der Waals surface area contributed by atoms with Gasteiger partial charge in [0.1, 0.15) is 77.2 Å². The Hall–Kier alpha value is -6.56. The number of halogens is 1. The number of nitrogens with one attached hydrogen (secondary N) is 2. The molecular formula is C75H164ClN13O14. The Balaban J connectivity index is -0.0000000678. The fourth-order valence-corrected chi connectivity index (χ4v) is 7.47. The van der Waals surface area contributed by atoms with E-state index in [4.69, 9.17) is 45.5 Å². The van der Waals surface area contributed by atoms with E-state index in [1.165, 1.54) is 68.8 Å². The summed E-state index contributed by atoms with van der Waals surface area (Å²) >= 11 is 5.72. The average Bonchev–Trinajstić information content (AvgIpc) is 0.824. The number of nitrogens with zero attached hydrogens (tertiary/aromatic N) is 4. The molecule has 0 aliphatic carbocycles. The summed E-state index contributed by atoms with van der Waals surface area (Å²) < 4.78 is 0. The number of aryl methyl sites for hydroxylation is 1. The Bertz CT molecular complexity index is 1950. The third-order valence-electron chi connectivity index (χ3n) is 13.1. The summed E-state index contributed by atoms with van der Waals surface area (Å²) in [6.07, 6.45) is 9.63. The summed E-state index contributed by atoms with van der Waals surface area (Å²) in [5.74, 6) is -0.435. The lowest BCUT2D eigenvalue weighted by Crippen LogP contribution is -2.60. The van der Waals surface area contributed by atoms with Gasteiger partial charge in [-0.15, -0.1) is 6.58 Å². The maximum atomic E-state index is 14.0. The van der Waals surface area contributed by atoms with E-state index in [0.717, 1.165) is 60.8 Å². The van der Waals surface area contributed by atoms with E-state index in [1.807, 2.05) is 140 Å². The predicted octanol–water partition coefficient (Wildman–Crippen LogP) is 10.9. The first kappa shape index (κ1) is 143. The second kappa shape index (κ2) is 109. The van der Waals surface area contributed by atoms with E-state index < -0.39 is 53.8 Å². The first-order valence-electron chi connectivity index (χ1n) is 34.3. The highest BCUT2D eigenvalue weighted by Crippen LogP contribution is 2.21. The Morgan fingerprint density at radius 3 is 1.13 bits per heavy atom. The van der Waals surface area contributed by atoms with Gasteiger partial charge in [0.2, 0.25) is 35.4 Å². The highest BCUT2D eigenvalue weighted by molar-refractivity contribution is 6.30. The number of likely N-dealkylation sites (N-methyl/N-ethyl adjacent to an activating group) is 3. The Kier molecular flexibility index (Phi) is 151. The quantitative estimate of drug-likeness (QED) is 0.0359. The number of aliphatic hydroxyl groups is 1. The molecule has 20 N–H and O–H groups in total. The predicted molar refractivity (Wildman–Crippen MR) is 437 cm³/mol. The number of carbonyl (C=O) groups excluding carboxylic acids is 13. The van der Waals surface area contributed by atoms with Crippen LogP contribution in [0.3, 0.4) is 0 Å². The van der Waals surface area contributed by atoms with Crippen molar-refractivity contribution in [2.24, 2.45) is 58.4 Å². The van der Waals surface area contributed by atoms with Gasteiger partial charge < -0.3 is 110 Å². The van der Waals surface area contributed by atoms with Gasteiger partial charge in [-0.2, -0.15) is 0 Å². The minimum Gasteiger partial charge on any atom is -0.394 e. The maximum Gasteiger partial charge on any atom is 0.245 e. The fourth-order valence-electron chi connectivity index (χ4n) is 7.26. The average molecular weight is 1510 g/mol. The van der Waals surface area contributed by atoms with Gasteiger partial charge >= 0.3 is 0 Å². The number of nitrogens with two attached hydrogens (primary N) is 4. The summed E-state index contributed by atoms with van der Waals surface area (Å²) in [5, 5.41) is 14.8. The van der Waals surface area contributed by atoms with Gasteiger partial charge in [0.15, 0.2) is 0 Å². The van der Waals surface area contributed by atoms with E-state index in [-0.39, 0.29) is 60.0 Å². The first-order chi connectivity index (χ1) is 47.1. The molecule has 1 aliphatic rings. The number of likely N-dealkylation sites (tertiary alicyclic amines) is 1. The molecule has 103 heavy (non-hydrogen) atoms. The molecular weight excluding hydrogens is 1340 g/mol. The first-order valence-corrected chi connectivity index (χ1v) is 34.7. The molecule has 0 saturated carbocycles. The number of allylic oxidation sites excluding steroid dienone is 1. The monoisotopic (exact) mass is 1510 g/mol. The van der Waals surface area contributed by atoms with Gasteiger partial charge in [0.25, 0.3) is 0 Å². The Morgan fingerprint density at radius 1 is 0.553 bits per heavy atom. The van der Waals surface area contributed by atoms with Crippen LogP contribution in [0.4, 0.5) is 0 Å². The molecule has 1 unspecified atom stereocenters. The van der Waals surface area contributed by atoms with Crippen LogP contribution in [-0.4, -0.2) is 206 Å². The molecule has 1 aliphatic heterocycles. The lowest BCUT2D eigenvalue weighted by molar-refractivity contribution is -0.150. The minimum absolute atomic E-state index is 0. The number of hydrogen-bond donors (Lipinski definition) is 10. The largest absolute Gasteiger partial charge is 0.394 e. The SMILES string of the molecule is C=C(C)CCC=O.C=O.C=O.C=O.C=O.C=O.C=O.CC.CC(C)C.CC(C)O.CCC(C)C.CC[C@H](C)[C@H](NC(=O)[C@H](CC(C)C)N(C)C(=O)[C@H](C)N(C)C(=O)[C@@H](NC(=O)C(CC(C)C)N(C)C(C)=O)[C@@H](C)CC)C(=O)N1CCCCC1.CCc1cccc(Cl)c1.CN.CN.CN.CN.N.N.N. The topological polar surface area (TPSA) is 488 Å². The molecule has 28 heteroatoms.